The number of benzene rings is 1. The highest BCUT2D eigenvalue weighted by molar-refractivity contribution is 7.89. The average Bonchev–Trinajstić information content (AvgIpc) is 3.01. The number of aryl methyl sites for hydroxylation is 2. The molecule has 0 spiro atoms. The van der Waals surface area contributed by atoms with Crippen molar-refractivity contribution in [3.63, 3.8) is 0 Å². The van der Waals surface area contributed by atoms with Gasteiger partial charge in [-0.3, -0.25) is 4.79 Å². The SMILES string of the molecule is CC(C)CN(C)C(=O)CCc1nc2cc(S(=O)(=O)N3CCOCC3)ccc2n1C. The minimum atomic E-state index is -3.56. The second-order valence-corrected chi connectivity index (χ2v) is 9.86. The summed E-state index contributed by atoms with van der Waals surface area (Å²) in [5, 5.41) is 0. The normalized spacial score (nSPS) is 15.9. The minimum absolute atomic E-state index is 0.0846. The molecule has 3 rings (SSSR count). The first kappa shape index (κ1) is 21.7. The molecule has 2 aromatic rings. The Morgan fingerprint density at radius 2 is 1.97 bits per heavy atom. The van der Waals surface area contributed by atoms with E-state index in [4.69, 9.17) is 4.74 Å². The van der Waals surface area contributed by atoms with E-state index < -0.39 is 10.0 Å². The molecule has 29 heavy (non-hydrogen) atoms. The van der Waals surface area contributed by atoms with E-state index in [2.05, 4.69) is 18.8 Å². The molecule has 1 aromatic carbocycles. The van der Waals surface area contributed by atoms with Crippen LogP contribution in [0.5, 0.6) is 0 Å². The summed E-state index contributed by atoms with van der Waals surface area (Å²) in [6, 6.07) is 5.03. The number of carbonyl (C=O) groups excluding carboxylic acids is 1. The molecule has 0 radical (unpaired) electrons. The fourth-order valence-corrected chi connectivity index (χ4v) is 5.04. The number of ether oxygens (including phenoxy) is 1. The van der Waals surface area contributed by atoms with Crippen LogP contribution in [0.15, 0.2) is 23.1 Å². The summed E-state index contributed by atoms with van der Waals surface area (Å²) in [6.07, 6.45) is 0.886. The molecule has 0 N–H and O–H groups in total. The maximum atomic E-state index is 12.9. The zero-order valence-electron chi connectivity index (χ0n) is 17.6. The smallest absolute Gasteiger partial charge is 0.243 e. The van der Waals surface area contributed by atoms with Crippen molar-refractivity contribution in [3.05, 3.63) is 24.0 Å². The molecule has 1 fully saturated rings. The fraction of sp³-hybridized carbons (Fsp3) is 0.600. The van der Waals surface area contributed by atoms with Gasteiger partial charge in [0.1, 0.15) is 5.82 Å². The van der Waals surface area contributed by atoms with Gasteiger partial charge < -0.3 is 14.2 Å². The van der Waals surface area contributed by atoms with Crippen molar-refractivity contribution in [3.8, 4) is 0 Å². The number of morpholine rings is 1. The molecular weight excluding hydrogens is 392 g/mol. The monoisotopic (exact) mass is 422 g/mol. The number of hydrogen-bond acceptors (Lipinski definition) is 5. The molecule has 1 saturated heterocycles. The van der Waals surface area contributed by atoms with Gasteiger partial charge in [0, 0.05) is 46.6 Å². The van der Waals surface area contributed by atoms with Crippen LogP contribution in [-0.4, -0.2) is 73.0 Å². The first-order chi connectivity index (χ1) is 13.7. The third-order valence-electron chi connectivity index (χ3n) is 5.18. The van der Waals surface area contributed by atoms with Gasteiger partial charge in [-0.25, -0.2) is 13.4 Å². The van der Waals surface area contributed by atoms with E-state index in [9.17, 15) is 13.2 Å². The number of amides is 1. The largest absolute Gasteiger partial charge is 0.379 e. The van der Waals surface area contributed by atoms with Crippen LogP contribution in [0.1, 0.15) is 26.1 Å². The number of sulfonamides is 1. The molecule has 1 amide bonds. The van der Waals surface area contributed by atoms with Crippen LogP contribution >= 0.6 is 0 Å². The van der Waals surface area contributed by atoms with Gasteiger partial charge in [0.05, 0.1) is 29.1 Å². The lowest BCUT2D eigenvalue weighted by molar-refractivity contribution is -0.130. The van der Waals surface area contributed by atoms with E-state index in [1.54, 1.807) is 23.1 Å². The Balaban J connectivity index is 1.78. The van der Waals surface area contributed by atoms with E-state index in [1.807, 2.05) is 18.7 Å². The predicted octanol–water partition coefficient (Wildman–Crippen LogP) is 1.64. The minimum Gasteiger partial charge on any atom is -0.379 e. The Kier molecular flexibility index (Phi) is 6.60. The van der Waals surface area contributed by atoms with Crippen molar-refractivity contribution in [2.75, 3.05) is 39.9 Å². The second-order valence-electron chi connectivity index (χ2n) is 7.92. The molecule has 1 aliphatic rings. The summed E-state index contributed by atoms with van der Waals surface area (Å²) in [7, 11) is 0.149. The zero-order valence-corrected chi connectivity index (χ0v) is 18.4. The maximum Gasteiger partial charge on any atom is 0.243 e. The Labute approximate surface area is 172 Å². The summed E-state index contributed by atoms with van der Waals surface area (Å²) in [5.41, 5.74) is 1.48. The topological polar surface area (TPSA) is 84.7 Å². The van der Waals surface area contributed by atoms with Gasteiger partial charge in [-0.15, -0.1) is 0 Å². The molecule has 0 bridgehead atoms. The van der Waals surface area contributed by atoms with Crippen LogP contribution in [0.25, 0.3) is 11.0 Å². The number of nitrogens with zero attached hydrogens (tertiary/aromatic N) is 4. The van der Waals surface area contributed by atoms with E-state index in [0.29, 0.717) is 50.6 Å². The number of hydrogen-bond donors (Lipinski definition) is 0. The van der Waals surface area contributed by atoms with Crippen LogP contribution in [-0.2, 0) is 33.0 Å². The first-order valence-electron chi connectivity index (χ1n) is 9.97. The van der Waals surface area contributed by atoms with Crippen LogP contribution in [0.4, 0.5) is 0 Å². The van der Waals surface area contributed by atoms with Crippen LogP contribution < -0.4 is 0 Å². The lowest BCUT2D eigenvalue weighted by atomic mass is 10.2. The van der Waals surface area contributed by atoms with Crippen molar-refractivity contribution in [1.82, 2.24) is 18.8 Å². The van der Waals surface area contributed by atoms with Crippen LogP contribution in [0.3, 0.4) is 0 Å². The van der Waals surface area contributed by atoms with Gasteiger partial charge >= 0.3 is 0 Å². The molecule has 8 nitrogen and oxygen atoms in total. The van der Waals surface area contributed by atoms with Gasteiger partial charge in [-0.2, -0.15) is 4.31 Å². The number of rotatable bonds is 7. The van der Waals surface area contributed by atoms with E-state index >= 15 is 0 Å². The van der Waals surface area contributed by atoms with E-state index in [1.165, 1.54) is 4.31 Å². The Bertz CT molecular complexity index is 978. The summed E-state index contributed by atoms with van der Waals surface area (Å²) in [5.74, 6) is 1.28. The maximum absolute atomic E-state index is 12.9. The molecule has 0 aliphatic carbocycles. The summed E-state index contributed by atoms with van der Waals surface area (Å²) in [4.78, 5) is 18.9. The molecule has 1 aliphatic heterocycles. The van der Waals surface area contributed by atoms with Gasteiger partial charge in [0.15, 0.2) is 0 Å². The van der Waals surface area contributed by atoms with Crippen LogP contribution in [0.2, 0.25) is 0 Å². The molecule has 1 aromatic heterocycles. The summed E-state index contributed by atoms with van der Waals surface area (Å²) < 4.78 is 34.4. The zero-order chi connectivity index (χ0) is 21.2. The molecule has 0 saturated carbocycles. The molecule has 9 heteroatoms. The molecule has 160 valence electrons. The van der Waals surface area contributed by atoms with E-state index in [-0.39, 0.29) is 10.8 Å². The van der Waals surface area contributed by atoms with Crippen molar-refractivity contribution < 1.29 is 17.9 Å². The standard InChI is InChI=1S/C20H30N4O4S/c1-15(2)14-22(3)20(25)8-7-19-21-17-13-16(5-6-18(17)23(19)4)29(26,27)24-9-11-28-12-10-24/h5-6,13,15H,7-12,14H2,1-4H3. The lowest BCUT2D eigenvalue weighted by Gasteiger charge is -2.26. The molecule has 2 heterocycles. The Hall–Kier alpha value is -1.97. The lowest BCUT2D eigenvalue weighted by Crippen LogP contribution is -2.40. The van der Waals surface area contributed by atoms with Gasteiger partial charge in [0.25, 0.3) is 0 Å². The van der Waals surface area contributed by atoms with Gasteiger partial charge in [0.2, 0.25) is 15.9 Å². The van der Waals surface area contributed by atoms with Crippen molar-refractivity contribution >= 4 is 27.0 Å². The van der Waals surface area contributed by atoms with Crippen LogP contribution in [0, 0.1) is 5.92 Å². The van der Waals surface area contributed by atoms with Crippen molar-refractivity contribution in [1.29, 1.82) is 0 Å². The van der Waals surface area contributed by atoms with Crippen molar-refractivity contribution in [2.24, 2.45) is 13.0 Å². The van der Waals surface area contributed by atoms with E-state index in [0.717, 1.165) is 17.9 Å². The van der Waals surface area contributed by atoms with Crippen molar-refractivity contribution in [2.45, 2.75) is 31.6 Å². The Morgan fingerprint density at radius 1 is 1.28 bits per heavy atom. The fourth-order valence-electron chi connectivity index (χ4n) is 3.61. The second kappa shape index (κ2) is 8.81. The molecular formula is C20H30N4O4S. The van der Waals surface area contributed by atoms with Gasteiger partial charge in [-0.1, -0.05) is 13.8 Å². The molecule has 0 atom stereocenters. The number of aromatic nitrogens is 2. The highest BCUT2D eigenvalue weighted by Gasteiger charge is 2.27. The summed E-state index contributed by atoms with van der Waals surface area (Å²) >= 11 is 0. The number of fused-ring (bicyclic) bond motifs is 1. The third kappa shape index (κ3) is 4.79. The highest BCUT2D eigenvalue weighted by atomic mass is 32.2. The first-order valence-corrected chi connectivity index (χ1v) is 11.4. The summed E-state index contributed by atoms with van der Waals surface area (Å²) in [6.45, 7) is 6.43. The Morgan fingerprint density at radius 3 is 2.62 bits per heavy atom. The third-order valence-corrected chi connectivity index (χ3v) is 7.07. The number of carbonyl (C=O) groups is 1. The average molecular weight is 423 g/mol. The molecule has 0 unspecified atom stereocenters. The number of imidazole rings is 1. The van der Waals surface area contributed by atoms with Gasteiger partial charge in [-0.05, 0) is 24.1 Å². The highest BCUT2D eigenvalue weighted by Crippen LogP contribution is 2.23. The quantitative estimate of drug-likeness (QED) is 0.677. The predicted molar refractivity (Wildman–Crippen MR) is 111 cm³/mol.